The highest BCUT2D eigenvalue weighted by atomic mass is 32.1. The maximum atomic E-state index is 9.56. The molecule has 1 N–H and O–H groups in total. The van der Waals surface area contributed by atoms with Gasteiger partial charge < -0.3 is 19.5 Å². The normalized spacial score (nSPS) is 16.8. The van der Waals surface area contributed by atoms with Crippen molar-refractivity contribution in [1.82, 2.24) is 19.4 Å². The second-order valence-corrected chi connectivity index (χ2v) is 7.28. The van der Waals surface area contributed by atoms with E-state index in [1.165, 1.54) is 0 Å². The average Bonchev–Trinajstić information content (AvgIpc) is 3.17. The Kier molecular flexibility index (Phi) is 5.30. The summed E-state index contributed by atoms with van der Waals surface area (Å²) >= 11 is 1.67. The van der Waals surface area contributed by atoms with E-state index in [4.69, 9.17) is 0 Å². The fraction of sp³-hybridized carbons (Fsp3) is 0.625. The molecule has 1 saturated heterocycles. The molecule has 23 heavy (non-hydrogen) atoms. The van der Waals surface area contributed by atoms with Gasteiger partial charge in [-0.1, -0.05) is 11.3 Å². The lowest BCUT2D eigenvalue weighted by molar-refractivity contribution is 0.0815. The smallest absolute Gasteiger partial charge is 0.185 e. The number of imidazole rings is 1. The van der Waals surface area contributed by atoms with Gasteiger partial charge in [0, 0.05) is 46.1 Å². The summed E-state index contributed by atoms with van der Waals surface area (Å²) in [6.45, 7) is 4.07. The van der Waals surface area contributed by atoms with Crippen LogP contribution in [0.5, 0.6) is 0 Å². The van der Waals surface area contributed by atoms with Crippen molar-refractivity contribution >= 4 is 16.5 Å². The minimum Gasteiger partial charge on any atom is -0.393 e. The summed E-state index contributed by atoms with van der Waals surface area (Å²) in [5.41, 5.74) is 0. The van der Waals surface area contributed by atoms with Crippen LogP contribution in [0.4, 0.5) is 5.13 Å². The number of hydrogen-bond acceptors (Lipinski definition) is 6. The van der Waals surface area contributed by atoms with E-state index in [-0.39, 0.29) is 6.10 Å². The average molecular weight is 335 g/mol. The summed E-state index contributed by atoms with van der Waals surface area (Å²) in [7, 11) is 4.01. The van der Waals surface area contributed by atoms with Crippen molar-refractivity contribution < 1.29 is 5.11 Å². The van der Waals surface area contributed by atoms with Crippen molar-refractivity contribution in [2.45, 2.75) is 31.9 Å². The van der Waals surface area contributed by atoms with Gasteiger partial charge in [-0.25, -0.2) is 9.97 Å². The Hall–Kier alpha value is -1.44. The van der Waals surface area contributed by atoms with Gasteiger partial charge in [-0.15, -0.1) is 0 Å². The van der Waals surface area contributed by atoms with E-state index in [1.54, 1.807) is 11.3 Å². The molecule has 2 aromatic rings. The number of aliphatic hydroxyl groups is 1. The highest BCUT2D eigenvalue weighted by molar-refractivity contribution is 7.18. The maximum Gasteiger partial charge on any atom is 0.185 e. The molecule has 6 nitrogen and oxygen atoms in total. The van der Waals surface area contributed by atoms with Gasteiger partial charge in [-0.2, -0.15) is 0 Å². The lowest BCUT2D eigenvalue weighted by Crippen LogP contribution is -2.36. The molecule has 0 unspecified atom stereocenters. The van der Waals surface area contributed by atoms with Crippen LogP contribution in [0.1, 0.15) is 19.3 Å². The predicted molar refractivity (Wildman–Crippen MR) is 94.0 cm³/mol. The molecule has 7 heteroatoms. The zero-order valence-electron chi connectivity index (χ0n) is 13.9. The van der Waals surface area contributed by atoms with Gasteiger partial charge in [0.05, 0.1) is 17.2 Å². The number of likely N-dealkylation sites (tertiary alicyclic amines) is 1. The van der Waals surface area contributed by atoms with Crippen molar-refractivity contribution in [3.63, 3.8) is 0 Å². The number of nitrogens with zero attached hydrogens (tertiary/aromatic N) is 5. The molecule has 3 rings (SSSR count). The van der Waals surface area contributed by atoms with E-state index >= 15 is 0 Å². The van der Waals surface area contributed by atoms with Crippen molar-refractivity contribution in [3.05, 3.63) is 18.6 Å². The molecule has 0 spiro atoms. The van der Waals surface area contributed by atoms with E-state index < -0.39 is 0 Å². The van der Waals surface area contributed by atoms with Crippen molar-refractivity contribution in [3.8, 4) is 10.7 Å². The standard InChI is InChI=1S/C16H25N5OS/c1-19(2)16-18-12-14(23-16)15-17-6-11-21(15)8-3-7-20-9-4-13(22)5-10-20/h6,11-13,22H,3-5,7-10H2,1-2H3. The second-order valence-electron chi connectivity index (χ2n) is 6.27. The van der Waals surface area contributed by atoms with Crippen LogP contribution in [0.2, 0.25) is 0 Å². The summed E-state index contributed by atoms with van der Waals surface area (Å²) in [4.78, 5) is 14.5. The lowest BCUT2D eigenvalue weighted by atomic mass is 10.1. The number of aliphatic hydroxyl groups excluding tert-OH is 1. The number of anilines is 1. The summed E-state index contributed by atoms with van der Waals surface area (Å²) in [5, 5.41) is 10.6. The molecule has 2 aromatic heterocycles. The molecule has 3 heterocycles. The highest BCUT2D eigenvalue weighted by Gasteiger charge is 2.16. The molecule has 0 atom stereocenters. The van der Waals surface area contributed by atoms with Crippen LogP contribution in [0, 0.1) is 0 Å². The van der Waals surface area contributed by atoms with E-state index in [9.17, 15) is 5.11 Å². The molecule has 0 radical (unpaired) electrons. The Balaban J connectivity index is 1.56. The number of aryl methyl sites for hydroxylation is 1. The molecule has 0 aromatic carbocycles. The monoisotopic (exact) mass is 335 g/mol. The van der Waals surface area contributed by atoms with Crippen LogP contribution >= 0.6 is 11.3 Å². The third-order valence-corrected chi connectivity index (χ3v) is 5.40. The first kappa shape index (κ1) is 16.4. The van der Waals surface area contributed by atoms with Gasteiger partial charge in [0.25, 0.3) is 0 Å². The molecule has 0 aliphatic carbocycles. The Morgan fingerprint density at radius 2 is 2.04 bits per heavy atom. The largest absolute Gasteiger partial charge is 0.393 e. The van der Waals surface area contributed by atoms with E-state index in [1.807, 2.05) is 37.6 Å². The molecule has 0 bridgehead atoms. The zero-order chi connectivity index (χ0) is 16.2. The highest BCUT2D eigenvalue weighted by Crippen LogP contribution is 2.29. The molecule has 1 aliphatic rings. The topological polar surface area (TPSA) is 57.4 Å². The molecule has 0 saturated carbocycles. The van der Waals surface area contributed by atoms with Crippen LogP contribution in [-0.2, 0) is 6.54 Å². The molecule has 1 aliphatic heterocycles. The molecule has 0 amide bonds. The number of thiazole rings is 1. The van der Waals surface area contributed by atoms with Crippen LogP contribution in [-0.4, -0.2) is 64.4 Å². The van der Waals surface area contributed by atoms with E-state index in [0.29, 0.717) is 0 Å². The maximum absolute atomic E-state index is 9.56. The quantitative estimate of drug-likeness (QED) is 0.874. The van der Waals surface area contributed by atoms with Crippen LogP contribution in [0.25, 0.3) is 10.7 Å². The molecule has 126 valence electrons. The predicted octanol–water partition coefficient (Wildman–Crippen LogP) is 1.92. The summed E-state index contributed by atoms with van der Waals surface area (Å²) in [6.07, 6.45) is 8.63. The Bertz CT molecular complexity index is 616. The SMILES string of the molecule is CN(C)c1ncc(-c2nccn2CCCN2CCC(O)CC2)s1. The van der Waals surface area contributed by atoms with Crippen molar-refractivity contribution in [2.24, 2.45) is 0 Å². The first-order valence-corrected chi connectivity index (χ1v) is 9.00. The molecular formula is C16H25N5OS. The molecule has 1 fully saturated rings. The Labute approximate surface area is 141 Å². The fourth-order valence-corrected chi connectivity index (χ4v) is 3.75. The molecular weight excluding hydrogens is 310 g/mol. The van der Waals surface area contributed by atoms with Crippen LogP contribution in [0.15, 0.2) is 18.6 Å². The van der Waals surface area contributed by atoms with Crippen LogP contribution < -0.4 is 4.90 Å². The van der Waals surface area contributed by atoms with Crippen molar-refractivity contribution in [2.75, 3.05) is 38.6 Å². The van der Waals surface area contributed by atoms with Crippen LogP contribution in [0.3, 0.4) is 0 Å². The number of rotatable bonds is 6. The zero-order valence-corrected chi connectivity index (χ0v) is 14.7. The summed E-state index contributed by atoms with van der Waals surface area (Å²) in [6, 6.07) is 0. The van der Waals surface area contributed by atoms with Crippen molar-refractivity contribution in [1.29, 1.82) is 0 Å². The third kappa shape index (κ3) is 4.10. The fourth-order valence-electron chi connectivity index (χ4n) is 2.90. The minimum absolute atomic E-state index is 0.0938. The number of hydrogen-bond donors (Lipinski definition) is 1. The number of aromatic nitrogens is 3. The van der Waals surface area contributed by atoms with Gasteiger partial charge in [0.1, 0.15) is 0 Å². The minimum atomic E-state index is -0.0938. The van der Waals surface area contributed by atoms with Gasteiger partial charge in [-0.3, -0.25) is 0 Å². The number of piperidine rings is 1. The third-order valence-electron chi connectivity index (χ3n) is 4.24. The van der Waals surface area contributed by atoms with E-state index in [2.05, 4.69) is 19.4 Å². The Morgan fingerprint density at radius 1 is 1.26 bits per heavy atom. The summed E-state index contributed by atoms with van der Waals surface area (Å²) in [5.74, 6) is 1.00. The van der Waals surface area contributed by atoms with Gasteiger partial charge >= 0.3 is 0 Å². The lowest BCUT2D eigenvalue weighted by Gasteiger charge is -2.29. The van der Waals surface area contributed by atoms with E-state index in [0.717, 1.165) is 61.3 Å². The Morgan fingerprint density at radius 3 is 2.74 bits per heavy atom. The first-order chi connectivity index (χ1) is 11.1. The first-order valence-electron chi connectivity index (χ1n) is 8.18. The van der Waals surface area contributed by atoms with Gasteiger partial charge in [-0.05, 0) is 25.8 Å². The second kappa shape index (κ2) is 7.42. The van der Waals surface area contributed by atoms with Gasteiger partial charge in [0.2, 0.25) is 0 Å². The van der Waals surface area contributed by atoms with Gasteiger partial charge in [0.15, 0.2) is 11.0 Å². The summed E-state index contributed by atoms with van der Waals surface area (Å²) < 4.78 is 2.21.